The first-order valence-electron chi connectivity index (χ1n) is 8.00. The lowest BCUT2D eigenvalue weighted by atomic mass is 10.1. The van der Waals surface area contributed by atoms with Crippen LogP contribution in [0.2, 0.25) is 0 Å². The summed E-state index contributed by atoms with van der Waals surface area (Å²) in [6, 6.07) is 8.70. The number of carbonyl (C=O) groups excluding carboxylic acids is 2. The van der Waals surface area contributed by atoms with Gasteiger partial charge in [0.1, 0.15) is 17.3 Å². The van der Waals surface area contributed by atoms with Gasteiger partial charge in [-0.05, 0) is 12.1 Å². The fourth-order valence-corrected chi connectivity index (χ4v) is 2.21. The Morgan fingerprint density at radius 1 is 0.962 bits per heavy atom. The Labute approximate surface area is 151 Å². The molecule has 2 aromatic rings. The van der Waals surface area contributed by atoms with Crippen LogP contribution < -0.4 is 20.1 Å². The summed E-state index contributed by atoms with van der Waals surface area (Å²) in [5.74, 6) is -1.02. The summed E-state index contributed by atoms with van der Waals surface area (Å²) in [5, 5.41) is 5.34. The van der Waals surface area contributed by atoms with Crippen LogP contribution in [0.5, 0.6) is 11.5 Å². The fraction of sp³-hybridized carbons (Fsp3) is 0.263. The van der Waals surface area contributed by atoms with Crippen molar-refractivity contribution in [2.75, 3.05) is 24.9 Å². The lowest BCUT2D eigenvalue weighted by molar-refractivity contribution is -0.118. The van der Waals surface area contributed by atoms with Gasteiger partial charge in [-0.25, -0.2) is 4.39 Å². The molecule has 0 aromatic heterocycles. The molecule has 0 aliphatic rings. The lowest BCUT2D eigenvalue weighted by Gasteiger charge is -2.17. The molecule has 0 fully saturated rings. The number of carbonyl (C=O) groups is 2. The summed E-state index contributed by atoms with van der Waals surface area (Å²) in [5.41, 5.74) is 0.609. The summed E-state index contributed by atoms with van der Waals surface area (Å²) in [6.07, 6.45) is 0. The highest BCUT2D eigenvalue weighted by Gasteiger charge is 2.18. The Morgan fingerprint density at radius 2 is 1.50 bits per heavy atom. The van der Waals surface area contributed by atoms with E-state index < -0.39 is 11.7 Å². The van der Waals surface area contributed by atoms with Crippen LogP contribution in [0.4, 0.5) is 15.8 Å². The number of ether oxygens (including phenoxy) is 2. The van der Waals surface area contributed by atoms with Gasteiger partial charge in [0.15, 0.2) is 0 Å². The van der Waals surface area contributed by atoms with E-state index in [1.54, 1.807) is 19.9 Å². The molecule has 0 saturated carbocycles. The Bertz CT molecular complexity index is 821. The number of halogens is 1. The van der Waals surface area contributed by atoms with Gasteiger partial charge in [0, 0.05) is 18.1 Å². The number of anilines is 2. The molecule has 7 heteroatoms. The van der Waals surface area contributed by atoms with Crippen LogP contribution >= 0.6 is 0 Å². The molecule has 0 radical (unpaired) electrons. The summed E-state index contributed by atoms with van der Waals surface area (Å²) >= 11 is 0. The van der Waals surface area contributed by atoms with Crippen molar-refractivity contribution in [1.29, 1.82) is 0 Å². The molecule has 6 nitrogen and oxygen atoms in total. The second-order valence-corrected chi connectivity index (χ2v) is 5.83. The van der Waals surface area contributed by atoms with Gasteiger partial charge < -0.3 is 20.1 Å². The molecule has 0 aliphatic heterocycles. The van der Waals surface area contributed by atoms with Gasteiger partial charge in [-0.15, -0.1) is 0 Å². The molecule has 0 heterocycles. The summed E-state index contributed by atoms with van der Waals surface area (Å²) < 4.78 is 24.4. The Hall–Kier alpha value is -3.09. The molecule has 0 saturated heterocycles. The highest BCUT2D eigenvalue weighted by Crippen LogP contribution is 2.37. The molecule has 0 bridgehead atoms. The van der Waals surface area contributed by atoms with Crippen molar-refractivity contribution in [3.8, 4) is 11.5 Å². The third kappa shape index (κ3) is 4.30. The molecule has 2 N–H and O–H groups in total. The van der Waals surface area contributed by atoms with Crippen molar-refractivity contribution in [2.45, 2.75) is 13.8 Å². The van der Waals surface area contributed by atoms with Gasteiger partial charge in [0.25, 0.3) is 5.91 Å². The third-order valence-corrected chi connectivity index (χ3v) is 3.67. The number of hydrogen-bond acceptors (Lipinski definition) is 4. The van der Waals surface area contributed by atoms with E-state index in [4.69, 9.17) is 9.47 Å². The zero-order valence-corrected chi connectivity index (χ0v) is 15.1. The van der Waals surface area contributed by atoms with E-state index in [1.165, 1.54) is 44.6 Å². The van der Waals surface area contributed by atoms with Crippen LogP contribution in [0, 0.1) is 11.7 Å². The number of nitrogens with one attached hydrogen (secondary N) is 2. The molecule has 2 rings (SSSR count). The van der Waals surface area contributed by atoms with Crippen LogP contribution in [-0.2, 0) is 4.79 Å². The highest BCUT2D eigenvalue weighted by atomic mass is 19.1. The van der Waals surface area contributed by atoms with Crippen molar-refractivity contribution in [1.82, 2.24) is 0 Å². The largest absolute Gasteiger partial charge is 0.494 e. The van der Waals surface area contributed by atoms with Crippen LogP contribution in [0.1, 0.15) is 24.2 Å². The molecule has 0 spiro atoms. The fourth-order valence-electron chi connectivity index (χ4n) is 2.21. The second-order valence-electron chi connectivity index (χ2n) is 5.83. The van der Waals surface area contributed by atoms with Gasteiger partial charge >= 0.3 is 0 Å². The standard InChI is InChI=1S/C19H21FN2O4/c1-11(2)18(23)21-14-9-17(26-4)15(10-16(14)25-3)22-19(24)12-7-5-6-8-13(12)20/h5-11H,1-4H3,(H,21,23)(H,22,24). The smallest absolute Gasteiger partial charge is 0.258 e. The van der Waals surface area contributed by atoms with Gasteiger partial charge in [-0.3, -0.25) is 9.59 Å². The zero-order valence-electron chi connectivity index (χ0n) is 15.1. The normalized spacial score (nSPS) is 10.4. The maximum Gasteiger partial charge on any atom is 0.258 e. The summed E-state index contributed by atoms with van der Waals surface area (Å²) in [6.45, 7) is 3.53. The summed E-state index contributed by atoms with van der Waals surface area (Å²) in [7, 11) is 2.86. The highest BCUT2D eigenvalue weighted by molar-refractivity contribution is 6.06. The number of rotatable bonds is 6. The first kappa shape index (κ1) is 19.2. The lowest BCUT2D eigenvalue weighted by Crippen LogP contribution is -2.19. The van der Waals surface area contributed by atoms with Crippen LogP contribution in [0.3, 0.4) is 0 Å². The van der Waals surface area contributed by atoms with E-state index in [1.807, 2.05) is 0 Å². The van der Waals surface area contributed by atoms with Gasteiger partial charge in [0.2, 0.25) is 5.91 Å². The van der Waals surface area contributed by atoms with Crippen LogP contribution in [-0.4, -0.2) is 26.0 Å². The van der Waals surface area contributed by atoms with Crippen molar-refractivity contribution in [2.24, 2.45) is 5.92 Å². The monoisotopic (exact) mass is 360 g/mol. The average Bonchev–Trinajstić information content (AvgIpc) is 2.62. The quantitative estimate of drug-likeness (QED) is 0.824. The first-order chi connectivity index (χ1) is 12.4. The van der Waals surface area contributed by atoms with Crippen molar-refractivity contribution in [3.63, 3.8) is 0 Å². The predicted molar refractivity (Wildman–Crippen MR) is 97.4 cm³/mol. The van der Waals surface area contributed by atoms with E-state index in [0.717, 1.165) is 0 Å². The van der Waals surface area contributed by atoms with E-state index in [-0.39, 0.29) is 17.4 Å². The van der Waals surface area contributed by atoms with E-state index in [2.05, 4.69) is 10.6 Å². The van der Waals surface area contributed by atoms with Crippen molar-refractivity contribution >= 4 is 23.2 Å². The average molecular weight is 360 g/mol. The van der Waals surface area contributed by atoms with Gasteiger partial charge in [-0.2, -0.15) is 0 Å². The SMILES string of the molecule is COc1cc(NC(=O)C(C)C)c(OC)cc1NC(=O)c1ccccc1F. The number of benzene rings is 2. The second kappa shape index (κ2) is 8.33. The molecule has 138 valence electrons. The molecule has 0 aliphatic carbocycles. The van der Waals surface area contributed by atoms with E-state index in [0.29, 0.717) is 22.9 Å². The topological polar surface area (TPSA) is 76.7 Å². The van der Waals surface area contributed by atoms with Crippen LogP contribution in [0.15, 0.2) is 36.4 Å². The Kier molecular flexibility index (Phi) is 6.16. The number of methoxy groups -OCH3 is 2. The number of amides is 2. The third-order valence-electron chi connectivity index (χ3n) is 3.67. The van der Waals surface area contributed by atoms with Crippen LogP contribution in [0.25, 0.3) is 0 Å². The molecular weight excluding hydrogens is 339 g/mol. The molecule has 2 aromatic carbocycles. The van der Waals surface area contributed by atoms with Gasteiger partial charge in [-0.1, -0.05) is 26.0 Å². The van der Waals surface area contributed by atoms with Gasteiger partial charge in [0.05, 0.1) is 31.2 Å². The van der Waals surface area contributed by atoms with E-state index >= 15 is 0 Å². The molecule has 0 atom stereocenters. The minimum absolute atomic E-state index is 0.0919. The Balaban J connectivity index is 2.35. The zero-order chi connectivity index (χ0) is 19.3. The molecule has 2 amide bonds. The molecular formula is C19H21FN2O4. The predicted octanol–water partition coefficient (Wildman–Crippen LogP) is 3.69. The maximum absolute atomic E-state index is 13.8. The minimum atomic E-state index is -0.628. The van der Waals surface area contributed by atoms with E-state index in [9.17, 15) is 14.0 Å². The van der Waals surface area contributed by atoms with Crippen molar-refractivity contribution < 1.29 is 23.5 Å². The molecule has 0 unspecified atom stereocenters. The molecule has 26 heavy (non-hydrogen) atoms. The van der Waals surface area contributed by atoms with Crippen molar-refractivity contribution in [3.05, 3.63) is 47.8 Å². The Morgan fingerprint density at radius 3 is 2.00 bits per heavy atom. The minimum Gasteiger partial charge on any atom is -0.494 e. The maximum atomic E-state index is 13.8. The number of hydrogen-bond donors (Lipinski definition) is 2. The first-order valence-corrected chi connectivity index (χ1v) is 8.00. The summed E-state index contributed by atoms with van der Waals surface area (Å²) in [4.78, 5) is 24.3.